The molecule has 2 heterocycles. The van der Waals surface area contributed by atoms with Crippen molar-refractivity contribution in [3.63, 3.8) is 0 Å². The second kappa shape index (κ2) is 6.63. The number of H-pyrrole nitrogens is 1. The van der Waals surface area contributed by atoms with Gasteiger partial charge in [0, 0.05) is 11.3 Å². The molecule has 6 nitrogen and oxygen atoms in total. The Hall–Kier alpha value is -2.76. The highest BCUT2D eigenvalue weighted by Gasteiger charge is 2.30. The van der Waals surface area contributed by atoms with E-state index >= 15 is 0 Å². The van der Waals surface area contributed by atoms with E-state index in [-0.39, 0.29) is 11.9 Å². The number of ether oxygens (including phenoxy) is 1. The van der Waals surface area contributed by atoms with Crippen LogP contribution in [0.1, 0.15) is 51.5 Å². The second-order valence-corrected chi connectivity index (χ2v) is 6.40. The minimum absolute atomic E-state index is 0.0924. The van der Waals surface area contributed by atoms with Crippen molar-refractivity contribution in [2.75, 3.05) is 6.61 Å². The molecule has 0 saturated heterocycles. The van der Waals surface area contributed by atoms with Crippen LogP contribution in [-0.4, -0.2) is 34.3 Å². The van der Waals surface area contributed by atoms with E-state index in [0.29, 0.717) is 42.1 Å². The molecule has 132 valence electrons. The van der Waals surface area contributed by atoms with Gasteiger partial charge in [-0.1, -0.05) is 25.1 Å². The maximum Gasteiger partial charge on any atom is 0.271 e. The molecule has 6 heteroatoms. The summed E-state index contributed by atoms with van der Waals surface area (Å²) in [6.07, 6.45) is 0.555. The van der Waals surface area contributed by atoms with Crippen LogP contribution in [0, 0.1) is 6.92 Å². The molecule has 1 aromatic carbocycles. The molecule has 25 heavy (non-hydrogen) atoms. The van der Waals surface area contributed by atoms with Crippen molar-refractivity contribution in [2.45, 2.75) is 39.8 Å². The zero-order chi connectivity index (χ0) is 18.1. The lowest BCUT2D eigenvalue weighted by molar-refractivity contribution is 0.0639. The Morgan fingerprint density at radius 3 is 2.76 bits per heavy atom. The van der Waals surface area contributed by atoms with Crippen LogP contribution < -0.4 is 10.5 Å². The summed E-state index contributed by atoms with van der Waals surface area (Å²) in [5.41, 5.74) is 8.64. The first-order valence-electron chi connectivity index (χ1n) is 8.46. The van der Waals surface area contributed by atoms with Crippen LogP contribution >= 0.6 is 0 Å². The highest BCUT2D eigenvalue weighted by atomic mass is 16.5. The van der Waals surface area contributed by atoms with Crippen molar-refractivity contribution in [3.05, 3.63) is 52.3 Å². The molecule has 1 aromatic heterocycles. The minimum atomic E-state index is -0.512. The molecule has 1 unspecified atom stereocenters. The van der Waals surface area contributed by atoms with Crippen molar-refractivity contribution in [1.82, 2.24) is 9.88 Å². The van der Waals surface area contributed by atoms with Gasteiger partial charge in [-0.3, -0.25) is 9.59 Å². The third kappa shape index (κ3) is 2.99. The van der Waals surface area contributed by atoms with Gasteiger partial charge < -0.3 is 20.4 Å². The van der Waals surface area contributed by atoms with Gasteiger partial charge in [0.25, 0.3) is 11.8 Å². The maximum absolute atomic E-state index is 13.2. The number of nitrogens with one attached hydrogen (secondary N) is 1. The Kier molecular flexibility index (Phi) is 4.53. The van der Waals surface area contributed by atoms with Crippen LogP contribution in [0.5, 0.6) is 5.75 Å². The number of benzene rings is 1. The predicted octanol–water partition coefficient (Wildman–Crippen LogP) is 2.41. The number of nitrogens with zero attached hydrogens (tertiary/aromatic N) is 1. The quantitative estimate of drug-likeness (QED) is 0.898. The number of primary amides is 1. The largest absolute Gasteiger partial charge is 0.491 e. The first-order chi connectivity index (χ1) is 11.9. The minimum Gasteiger partial charge on any atom is -0.491 e. The van der Waals surface area contributed by atoms with Gasteiger partial charge in [0.2, 0.25) is 0 Å². The van der Waals surface area contributed by atoms with Crippen molar-refractivity contribution in [1.29, 1.82) is 0 Å². The Labute approximate surface area is 147 Å². The monoisotopic (exact) mass is 341 g/mol. The zero-order valence-corrected chi connectivity index (χ0v) is 14.8. The van der Waals surface area contributed by atoms with Gasteiger partial charge in [0.15, 0.2) is 0 Å². The van der Waals surface area contributed by atoms with Crippen molar-refractivity contribution in [2.24, 2.45) is 5.73 Å². The molecule has 0 saturated carbocycles. The number of hydrogen-bond acceptors (Lipinski definition) is 3. The van der Waals surface area contributed by atoms with Crippen LogP contribution in [-0.2, 0) is 13.0 Å². The Bertz CT molecular complexity index is 825. The van der Waals surface area contributed by atoms with Gasteiger partial charge >= 0.3 is 0 Å². The second-order valence-electron chi connectivity index (χ2n) is 6.40. The molecule has 1 atom stereocenters. The van der Waals surface area contributed by atoms with E-state index in [1.165, 1.54) is 0 Å². The summed E-state index contributed by atoms with van der Waals surface area (Å²) in [6.45, 7) is 6.52. The smallest absolute Gasteiger partial charge is 0.271 e. The molecule has 1 aliphatic heterocycles. The number of carbonyl (C=O) groups excluding carboxylic acids is 2. The van der Waals surface area contributed by atoms with Gasteiger partial charge in [0.1, 0.15) is 18.1 Å². The summed E-state index contributed by atoms with van der Waals surface area (Å²) in [5.74, 6) is 0.156. The number of aryl methyl sites for hydroxylation is 1. The number of carbonyl (C=O) groups is 2. The molecular weight excluding hydrogens is 318 g/mol. The summed E-state index contributed by atoms with van der Waals surface area (Å²) < 4.78 is 5.82. The molecular formula is C19H23N3O3. The van der Waals surface area contributed by atoms with Crippen molar-refractivity contribution < 1.29 is 14.3 Å². The van der Waals surface area contributed by atoms with Gasteiger partial charge in [-0.25, -0.2) is 0 Å². The van der Waals surface area contributed by atoms with Crippen molar-refractivity contribution in [3.8, 4) is 5.75 Å². The predicted molar refractivity (Wildman–Crippen MR) is 94.7 cm³/mol. The highest BCUT2D eigenvalue weighted by Crippen LogP contribution is 2.27. The number of nitrogens with two attached hydrogens (primary N) is 1. The van der Waals surface area contributed by atoms with Gasteiger partial charge in [-0.05, 0) is 31.9 Å². The number of para-hydroxylation sites is 1. The first-order valence-corrected chi connectivity index (χ1v) is 8.46. The van der Waals surface area contributed by atoms with E-state index in [4.69, 9.17) is 10.5 Å². The molecule has 0 spiro atoms. The summed E-state index contributed by atoms with van der Waals surface area (Å²) in [5, 5.41) is 0. The lowest BCUT2D eigenvalue weighted by Crippen LogP contribution is -2.40. The van der Waals surface area contributed by atoms with Gasteiger partial charge in [-0.2, -0.15) is 0 Å². The lowest BCUT2D eigenvalue weighted by atomic mass is 10.0. The average molecular weight is 341 g/mol. The van der Waals surface area contributed by atoms with E-state index < -0.39 is 5.91 Å². The maximum atomic E-state index is 13.2. The Balaban J connectivity index is 2.00. The lowest BCUT2D eigenvalue weighted by Gasteiger charge is -2.26. The number of amides is 2. The van der Waals surface area contributed by atoms with Gasteiger partial charge in [0.05, 0.1) is 18.2 Å². The fourth-order valence-electron chi connectivity index (χ4n) is 3.38. The SMILES string of the molecule is CCc1c(C(=O)N2Cc3ccccc3OCC2C)[nH]c(C)c1C(N)=O. The van der Waals surface area contributed by atoms with Crippen LogP contribution in [0.2, 0.25) is 0 Å². The number of aromatic amines is 1. The van der Waals surface area contributed by atoms with E-state index in [1.54, 1.807) is 11.8 Å². The first kappa shape index (κ1) is 17.1. The molecule has 2 amide bonds. The molecule has 0 fully saturated rings. The normalized spacial score (nSPS) is 16.8. The molecule has 3 N–H and O–H groups in total. The third-order valence-corrected chi connectivity index (χ3v) is 4.69. The average Bonchev–Trinajstić information content (AvgIpc) is 2.84. The van der Waals surface area contributed by atoms with Crippen LogP contribution in [0.3, 0.4) is 0 Å². The third-order valence-electron chi connectivity index (χ3n) is 4.69. The molecule has 2 aromatic rings. The fourth-order valence-corrected chi connectivity index (χ4v) is 3.38. The highest BCUT2D eigenvalue weighted by molar-refractivity contribution is 6.02. The van der Waals surface area contributed by atoms with E-state index in [1.807, 2.05) is 38.1 Å². The number of rotatable bonds is 3. The summed E-state index contributed by atoms with van der Waals surface area (Å²) in [4.78, 5) is 29.8. The van der Waals surface area contributed by atoms with E-state index in [0.717, 1.165) is 11.3 Å². The summed E-state index contributed by atoms with van der Waals surface area (Å²) in [6, 6.07) is 7.64. The topological polar surface area (TPSA) is 88.4 Å². The summed E-state index contributed by atoms with van der Waals surface area (Å²) in [7, 11) is 0. The molecule has 3 rings (SSSR count). The fraction of sp³-hybridized carbons (Fsp3) is 0.368. The van der Waals surface area contributed by atoms with E-state index in [9.17, 15) is 9.59 Å². The number of fused-ring (bicyclic) bond motifs is 1. The molecule has 0 radical (unpaired) electrons. The van der Waals surface area contributed by atoms with Crippen molar-refractivity contribution >= 4 is 11.8 Å². The Morgan fingerprint density at radius 1 is 1.36 bits per heavy atom. The standard InChI is InChI=1S/C19H23N3O3/c1-4-14-16(18(20)23)12(3)21-17(14)19(24)22-9-13-7-5-6-8-15(13)25-10-11(22)2/h5-8,11,21H,4,9-10H2,1-3H3,(H2,20,23). The van der Waals surface area contributed by atoms with Crippen LogP contribution in [0.4, 0.5) is 0 Å². The van der Waals surface area contributed by atoms with Crippen LogP contribution in [0.25, 0.3) is 0 Å². The van der Waals surface area contributed by atoms with Crippen LogP contribution in [0.15, 0.2) is 24.3 Å². The summed E-state index contributed by atoms with van der Waals surface area (Å²) >= 11 is 0. The molecule has 0 bridgehead atoms. The Morgan fingerprint density at radius 2 is 2.08 bits per heavy atom. The number of aromatic nitrogens is 1. The zero-order valence-electron chi connectivity index (χ0n) is 14.8. The van der Waals surface area contributed by atoms with Gasteiger partial charge in [-0.15, -0.1) is 0 Å². The number of hydrogen-bond donors (Lipinski definition) is 2. The molecule has 1 aliphatic rings. The van der Waals surface area contributed by atoms with E-state index in [2.05, 4.69) is 4.98 Å². The molecule has 0 aliphatic carbocycles.